The van der Waals surface area contributed by atoms with Gasteiger partial charge in [0.25, 0.3) is 0 Å². The highest BCUT2D eigenvalue weighted by Crippen LogP contribution is 2.48. The zero-order valence-electron chi connectivity index (χ0n) is 15.9. The van der Waals surface area contributed by atoms with Crippen LogP contribution in [0.2, 0.25) is 0 Å². The van der Waals surface area contributed by atoms with Gasteiger partial charge >= 0.3 is 0 Å². The summed E-state index contributed by atoms with van der Waals surface area (Å²) in [5.41, 5.74) is 1.79. The first kappa shape index (κ1) is 19.4. The van der Waals surface area contributed by atoms with Crippen LogP contribution >= 0.6 is 11.3 Å². The van der Waals surface area contributed by atoms with Crippen LogP contribution in [0.5, 0.6) is 5.06 Å². The highest BCUT2D eigenvalue weighted by atomic mass is 32.1. The molecule has 150 valence electrons. The Morgan fingerprint density at radius 1 is 1.38 bits per heavy atom. The number of aliphatic hydroxyl groups is 1. The van der Waals surface area contributed by atoms with Gasteiger partial charge in [-0.2, -0.15) is 0 Å². The number of hydrogen-bond donors (Lipinski definition) is 1. The van der Waals surface area contributed by atoms with E-state index in [4.69, 9.17) is 11.3 Å². The van der Waals surface area contributed by atoms with Gasteiger partial charge in [0.2, 0.25) is 11.8 Å². The van der Waals surface area contributed by atoms with Gasteiger partial charge in [-0.25, -0.2) is 9.83 Å². The minimum absolute atomic E-state index is 0.0809. The molecule has 3 heterocycles. The van der Waals surface area contributed by atoms with Crippen molar-refractivity contribution in [3.05, 3.63) is 46.4 Å². The van der Waals surface area contributed by atoms with Crippen molar-refractivity contribution in [3.8, 4) is 5.06 Å². The number of methoxy groups -OCH3 is 1. The van der Waals surface area contributed by atoms with Crippen LogP contribution in [0.4, 0.5) is 11.4 Å². The molecule has 1 aromatic carbocycles. The van der Waals surface area contributed by atoms with E-state index in [0.29, 0.717) is 41.8 Å². The number of rotatable bonds is 4. The fourth-order valence-electron chi connectivity index (χ4n) is 4.18. The quantitative estimate of drug-likeness (QED) is 0.774. The fourth-order valence-corrected chi connectivity index (χ4v) is 4.90. The van der Waals surface area contributed by atoms with E-state index in [9.17, 15) is 14.7 Å². The molecule has 0 saturated carbocycles. The average molecular weight is 412 g/mol. The SMILES string of the molecule is [C-]#[N+]c1ccc2c(c1)C1(CCN(C(=O)CO)C1)CN2C(=O)Cc1ncc(OC)s1. The topological polar surface area (TPSA) is 87.3 Å². The van der Waals surface area contributed by atoms with Gasteiger partial charge in [0.1, 0.15) is 11.6 Å². The maximum atomic E-state index is 13.1. The molecule has 2 aliphatic rings. The molecule has 2 aliphatic heterocycles. The maximum Gasteiger partial charge on any atom is 0.248 e. The van der Waals surface area contributed by atoms with Gasteiger partial charge in [-0.15, -0.1) is 0 Å². The number of aromatic nitrogens is 1. The highest BCUT2D eigenvalue weighted by Gasteiger charge is 2.49. The van der Waals surface area contributed by atoms with Gasteiger partial charge in [0, 0.05) is 30.7 Å². The fraction of sp³-hybridized carbons (Fsp3) is 0.400. The van der Waals surface area contributed by atoms with Gasteiger partial charge in [-0.1, -0.05) is 23.5 Å². The Morgan fingerprint density at radius 3 is 2.90 bits per heavy atom. The van der Waals surface area contributed by atoms with E-state index in [2.05, 4.69) is 9.83 Å². The van der Waals surface area contributed by atoms with Crippen LogP contribution in [-0.4, -0.2) is 60.2 Å². The molecular formula is C20H20N4O4S. The predicted octanol–water partition coefficient (Wildman–Crippen LogP) is 1.75. The number of anilines is 1. The number of nitrogens with zero attached hydrogens (tertiary/aromatic N) is 4. The molecule has 4 rings (SSSR count). The number of thiazole rings is 1. The molecule has 9 heteroatoms. The number of likely N-dealkylation sites (tertiary alicyclic amines) is 1. The Kier molecular flexibility index (Phi) is 4.98. The lowest BCUT2D eigenvalue weighted by atomic mass is 9.81. The molecule has 1 atom stereocenters. The van der Waals surface area contributed by atoms with Gasteiger partial charge in [0.15, 0.2) is 10.8 Å². The van der Waals surface area contributed by atoms with Crippen molar-refractivity contribution in [2.75, 3.05) is 38.3 Å². The Morgan fingerprint density at radius 2 is 2.21 bits per heavy atom. The Balaban J connectivity index is 1.65. The number of carbonyl (C=O) groups is 2. The number of aliphatic hydroxyl groups excluding tert-OH is 1. The van der Waals surface area contributed by atoms with Crippen LogP contribution in [0, 0.1) is 6.57 Å². The molecule has 1 fully saturated rings. The summed E-state index contributed by atoms with van der Waals surface area (Å²) in [5.74, 6) is -0.396. The van der Waals surface area contributed by atoms with Gasteiger partial charge in [0.05, 0.1) is 26.3 Å². The number of ether oxygens (including phenoxy) is 1. The van der Waals surface area contributed by atoms with Crippen molar-refractivity contribution >= 4 is 34.5 Å². The summed E-state index contributed by atoms with van der Waals surface area (Å²) in [7, 11) is 1.56. The second kappa shape index (κ2) is 7.46. The van der Waals surface area contributed by atoms with Crippen molar-refractivity contribution < 1.29 is 19.4 Å². The van der Waals surface area contributed by atoms with E-state index >= 15 is 0 Å². The largest absolute Gasteiger partial charge is 0.486 e. The molecule has 1 unspecified atom stereocenters. The number of fused-ring (bicyclic) bond motifs is 2. The molecule has 0 aliphatic carbocycles. The summed E-state index contributed by atoms with van der Waals surface area (Å²) in [5, 5.41) is 10.5. The molecule has 0 bridgehead atoms. The van der Waals surface area contributed by atoms with E-state index in [1.54, 1.807) is 29.2 Å². The standard InChI is InChI=1S/C20H20N4O4S/c1-21-13-3-4-15-14(7-13)20(5-6-23(11-20)18(27)10-25)12-24(15)17(26)8-16-22-9-19(28-2)29-16/h3-4,7,9,25H,5-6,8,10-12H2,2H3. The zero-order valence-corrected chi connectivity index (χ0v) is 16.7. The van der Waals surface area contributed by atoms with Crippen molar-refractivity contribution in [1.29, 1.82) is 0 Å². The molecule has 1 saturated heterocycles. The van der Waals surface area contributed by atoms with E-state index in [1.165, 1.54) is 11.3 Å². The molecule has 0 radical (unpaired) electrons. The first-order valence-corrected chi connectivity index (χ1v) is 10.0. The van der Waals surface area contributed by atoms with Crippen molar-refractivity contribution in [1.82, 2.24) is 9.88 Å². The van der Waals surface area contributed by atoms with Crippen LogP contribution in [0.1, 0.15) is 17.0 Å². The van der Waals surface area contributed by atoms with Gasteiger partial charge in [-0.3, -0.25) is 9.59 Å². The zero-order chi connectivity index (χ0) is 20.6. The summed E-state index contributed by atoms with van der Waals surface area (Å²) in [6.45, 7) is 8.20. The van der Waals surface area contributed by atoms with Crippen LogP contribution in [-0.2, 0) is 21.4 Å². The number of hydrogen-bond acceptors (Lipinski definition) is 6. The second-order valence-corrected chi connectivity index (χ2v) is 8.33. The molecule has 1 N–H and O–H groups in total. The van der Waals surface area contributed by atoms with Crippen LogP contribution in [0.3, 0.4) is 0 Å². The van der Waals surface area contributed by atoms with Crippen LogP contribution in [0.15, 0.2) is 24.4 Å². The minimum atomic E-state index is -0.528. The number of amides is 2. The van der Waals surface area contributed by atoms with Crippen molar-refractivity contribution in [3.63, 3.8) is 0 Å². The van der Waals surface area contributed by atoms with E-state index in [0.717, 1.165) is 11.3 Å². The summed E-state index contributed by atoms with van der Waals surface area (Å²) in [6.07, 6.45) is 2.44. The van der Waals surface area contributed by atoms with E-state index in [-0.39, 0.29) is 18.2 Å². The second-order valence-electron chi connectivity index (χ2n) is 7.25. The Bertz CT molecular complexity index is 1010. The third-order valence-corrected chi connectivity index (χ3v) is 6.57. The minimum Gasteiger partial charge on any atom is -0.486 e. The Hall–Kier alpha value is -2.96. The molecule has 1 spiro atoms. The first-order chi connectivity index (χ1) is 14.0. The first-order valence-electron chi connectivity index (χ1n) is 9.19. The number of benzene rings is 1. The lowest BCUT2D eigenvalue weighted by Crippen LogP contribution is -2.41. The molecular weight excluding hydrogens is 392 g/mol. The van der Waals surface area contributed by atoms with Gasteiger partial charge < -0.3 is 19.6 Å². The molecule has 8 nitrogen and oxygen atoms in total. The monoisotopic (exact) mass is 412 g/mol. The average Bonchev–Trinajstić information content (AvgIpc) is 3.45. The van der Waals surface area contributed by atoms with Crippen LogP contribution in [0.25, 0.3) is 4.85 Å². The van der Waals surface area contributed by atoms with E-state index in [1.807, 2.05) is 12.1 Å². The van der Waals surface area contributed by atoms with Crippen molar-refractivity contribution in [2.24, 2.45) is 0 Å². The third-order valence-electron chi connectivity index (χ3n) is 5.61. The lowest BCUT2D eigenvalue weighted by Gasteiger charge is -2.25. The normalized spacial score (nSPS) is 20.0. The van der Waals surface area contributed by atoms with Crippen molar-refractivity contribution in [2.45, 2.75) is 18.3 Å². The summed E-state index contributed by atoms with van der Waals surface area (Å²) in [4.78, 5) is 36.3. The summed E-state index contributed by atoms with van der Waals surface area (Å²) >= 11 is 1.34. The summed E-state index contributed by atoms with van der Waals surface area (Å²) in [6, 6.07) is 5.35. The maximum absolute atomic E-state index is 13.1. The molecule has 2 amide bonds. The summed E-state index contributed by atoms with van der Waals surface area (Å²) < 4.78 is 5.15. The molecule has 1 aromatic heterocycles. The molecule has 29 heavy (non-hydrogen) atoms. The van der Waals surface area contributed by atoms with Crippen LogP contribution < -0.4 is 9.64 Å². The number of carbonyl (C=O) groups excluding carboxylic acids is 2. The Labute approximate surface area is 172 Å². The smallest absolute Gasteiger partial charge is 0.248 e. The predicted molar refractivity (Wildman–Crippen MR) is 107 cm³/mol. The third kappa shape index (κ3) is 3.34. The molecule has 2 aromatic rings. The van der Waals surface area contributed by atoms with E-state index < -0.39 is 12.0 Å². The highest BCUT2D eigenvalue weighted by molar-refractivity contribution is 7.13. The lowest BCUT2D eigenvalue weighted by molar-refractivity contribution is -0.133. The van der Waals surface area contributed by atoms with Gasteiger partial charge in [-0.05, 0) is 18.1 Å².